The van der Waals surface area contributed by atoms with E-state index in [1.165, 1.54) is 18.2 Å². The number of carbonyl (C=O) groups is 1. The van der Waals surface area contributed by atoms with Gasteiger partial charge in [-0.1, -0.05) is 12.1 Å². The van der Waals surface area contributed by atoms with Gasteiger partial charge in [-0.05, 0) is 38.7 Å². The third kappa shape index (κ3) is 4.73. The van der Waals surface area contributed by atoms with Crippen molar-refractivity contribution in [1.82, 2.24) is 20.2 Å². The molecule has 0 aliphatic rings. The van der Waals surface area contributed by atoms with E-state index in [4.69, 9.17) is 0 Å². The van der Waals surface area contributed by atoms with Crippen LogP contribution in [0.1, 0.15) is 23.1 Å². The number of nitrogens with one attached hydrogen (secondary N) is 2. The molecule has 0 unspecified atom stereocenters. The van der Waals surface area contributed by atoms with Gasteiger partial charge in [-0.15, -0.1) is 0 Å². The number of hydrogen-bond acceptors (Lipinski definition) is 4. The molecule has 2 aromatic rings. The van der Waals surface area contributed by atoms with E-state index in [1.54, 1.807) is 38.1 Å². The topological polar surface area (TPSA) is 78.1 Å². The number of hydrogen-bond donors (Lipinski definition) is 2. The lowest BCUT2D eigenvalue weighted by atomic mass is 10.1. The molecule has 0 aliphatic heterocycles. The van der Waals surface area contributed by atoms with Gasteiger partial charge in [-0.3, -0.25) is 14.5 Å². The van der Waals surface area contributed by atoms with Gasteiger partial charge in [-0.2, -0.15) is 0 Å². The first-order valence-electron chi connectivity index (χ1n) is 7.63. The van der Waals surface area contributed by atoms with Gasteiger partial charge in [0.15, 0.2) is 0 Å². The van der Waals surface area contributed by atoms with Crippen molar-refractivity contribution in [2.45, 2.75) is 19.4 Å². The number of aryl methyl sites for hydroxylation is 1. The van der Waals surface area contributed by atoms with Crippen LogP contribution >= 0.6 is 0 Å². The van der Waals surface area contributed by atoms with Crippen LogP contribution in [0.2, 0.25) is 0 Å². The number of aromatic amines is 1. The molecule has 2 rings (SSSR count). The molecule has 7 heteroatoms. The molecule has 1 atom stereocenters. The highest BCUT2D eigenvalue weighted by Gasteiger charge is 2.22. The third-order valence-electron chi connectivity index (χ3n) is 3.53. The van der Waals surface area contributed by atoms with Gasteiger partial charge >= 0.3 is 0 Å². The van der Waals surface area contributed by atoms with E-state index in [9.17, 15) is 14.0 Å². The Bertz CT molecular complexity index is 756. The van der Waals surface area contributed by atoms with Gasteiger partial charge in [0.25, 0.3) is 5.56 Å². The average Bonchev–Trinajstić information content (AvgIpc) is 2.48. The lowest BCUT2D eigenvalue weighted by molar-refractivity contribution is -0.125. The summed E-state index contributed by atoms with van der Waals surface area (Å²) in [5.74, 6) is -0.00349. The molecule has 0 aliphatic carbocycles. The number of amides is 1. The lowest BCUT2D eigenvalue weighted by Crippen LogP contribution is -2.38. The Balaban J connectivity index is 2.00. The van der Waals surface area contributed by atoms with E-state index in [2.05, 4.69) is 15.3 Å². The van der Waals surface area contributed by atoms with Crippen molar-refractivity contribution in [3.05, 3.63) is 63.6 Å². The summed E-state index contributed by atoms with van der Waals surface area (Å²) < 4.78 is 13.1. The first kappa shape index (κ1) is 17.8. The minimum Gasteiger partial charge on any atom is -0.354 e. The van der Waals surface area contributed by atoms with Crippen molar-refractivity contribution in [2.24, 2.45) is 0 Å². The molecule has 6 nitrogen and oxygen atoms in total. The van der Waals surface area contributed by atoms with Crippen LogP contribution in [0, 0.1) is 12.7 Å². The molecule has 1 heterocycles. The Labute approximate surface area is 139 Å². The third-order valence-corrected chi connectivity index (χ3v) is 3.53. The van der Waals surface area contributed by atoms with Gasteiger partial charge < -0.3 is 10.3 Å². The molecule has 0 saturated carbocycles. The summed E-state index contributed by atoms with van der Waals surface area (Å²) in [6.07, 6.45) is 0.423. The smallest absolute Gasteiger partial charge is 0.251 e. The molecule has 24 heavy (non-hydrogen) atoms. The minimum atomic E-state index is -0.518. The fourth-order valence-corrected chi connectivity index (χ4v) is 2.49. The van der Waals surface area contributed by atoms with Gasteiger partial charge in [0, 0.05) is 24.7 Å². The van der Waals surface area contributed by atoms with Crippen LogP contribution in [-0.4, -0.2) is 41.4 Å². The maximum atomic E-state index is 13.1. The molecule has 128 valence electrons. The van der Waals surface area contributed by atoms with Crippen LogP contribution in [0.5, 0.6) is 0 Å². The second-order valence-electron chi connectivity index (χ2n) is 5.79. The van der Waals surface area contributed by atoms with Crippen molar-refractivity contribution >= 4 is 5.91 Å². The highest BCUT2D eigenvalue weighted by molar-refractivity contribution is 5.83. The molecule has 0 fully saturated rings. The summed E-state index contributed by atoms with van der Waals surface area (Å²) in [7, 11) is 3.57. The minimum absolute atomic E-state index is 0.193. The summed E-state index contributed by atoms with van der Waals surface area (Å²) in [6.45, 7) is 2.09. The molecular weight excluding hydrogens is 311 g/mol. The molecule has 1 aromatic heterocycles. The Kier molecular flexibility index (Phi) is 5.81. The molecular formula is C17H21FN4O2. The first-order chi connectivity index (χ1) is 11.4. The van der Waals surface area contributed by atoms with E-state index in [0.29, 0.717) is 30.0 Å². The van der Waals surface area contributed by atoms with E-state index in [1.807, 2.05) is 0 Å². The Morgan fingerprint density at radius 2 is 2.00 bits per heavy atom. The summed E-state index contributed by atoms with van der Waals surface area (Å²) in [4.78, 5) is 32.5. The van der Waals surface area contributed by atoms with Crippen molar-refractivity contribution in [2.75, 3.05) is 20.6 Å². The maximum absolute atomic E-state index is 13.1. The zero-order valence-electron chi connectivity index (χ0n) is 14.0. The average molecular weight is 332 g/mol. The van der Waals surface area contributed by atoms with Crippen molar-refractivity contribution in [1.29, 1.82) is 0 Å². The normalized spacial score (nSPS) is 12.2. The monoisotopic (exact) mass is 332 g/mol. The number of likely N-dealkylation sites (N-methyl/N-ethyl adjacent to an activating group) is 1. The quantitative estimate of drug-likeness (QED) is 0.833. The van der Waals surface area contributed by atoms with Crippen molar-refractivity contribution < 1.29 is 9.18 Å². The maximum Gasteiger partial charge on any atom is 0.251 e. The Hall–Kier alpha value is -2.54. The predicted octanol–water partition coefficient (Wildman–Crippen LogP) is 1.18. The number of aromatic nitrogens is 2. The van der Waals surface area contributed by atoms with E-state index in [0.717, 1.165) is 0 Å². The number of benzene rings is 1. The second-order valence-corrected chi connectivity index (χ2v) is 5.79. The summed E-state index contributed by atoms with van der Waals surface area (Å²) in [5.41, 5.74) is 1.14. The highest BCUT2D eigenvalue weighted by atomic mass is 19.1. The highest BCUT2D eigenvalue weighted by Crippen LogP contribution is 2.18. The summed E-state index contributed by atoms with van der Waals surface area (Å²) in [6, 6.07) is 6.76. The molecule has 0 radical (unpaired) electrons. The van der Waals surface area contributed by atoms with Crippen LogP contribution in [-0.2, 0) is 11.2 Å². The lowest BCUT2D eigenvalue weighted by Gasteiger charge is -2.23. The number of nitrogens with zero attached hydrogens (tertiary/aromatic N) is 2. The number of halogens is 1. The Morgan fingerprint density at radius 3 is 2.58 bits per heavy atom. The fourth-order valence-electron chi connectivity index (χ4n) is 2.49. The second kappa shape index (κ2) is 7.83. The van der Waals surface area contributed by atoms with Crippen LogP contribution < -0.4 is 10.9 Å². The largest absolute Gasteiger partial charge is 0.354 e. The molecule has 2 N–H and O–H groups in total. The number of carbonyl (C=O) groups excluding carboxylic acids is 1. The van der Waals surface area contributed by atoms with Crippen LogP contribution in [0.15, 0.2) is 35.1 Å². The number of H-pyrrole nitrogens is 1. The van der Waals surface area contributed by atoms with Gasteiger partial charge in [0.1, 0.15) is 17.7 Å². The molecule has 1 amide bonds. The summed E-state index contributed by atoms with van der Waals surface area (Å²) >= 11 is 0. The van der Waals surface area contributed by atoms with Gasteiger partial charge in [0.05, 0.1) is 0 Å². The van der Waals surface area contributed by atoms with Gasteiger partial charge in [0.2, 0.25) is 5.91 Å². The fraction of sp³-hybridized carbons (Fsp3) is 0.353. The Morgan fingerprint density at radius 1 is 1.33 bits per heavy atom. The van der Waals surface area contributed by atoms with Crippen LogP contribution in [0.4, 0.5) is 4.39 Å². The SMILES string of the molecule is Cc1cc(=O)[nH]c(CCNC(=O)[C@H](c2ccc(F)cc2)N(C)C)n1. The molecule has 0 saturated heterocycles. The zero-order chi connectivity index (χ0) is 17.7. The van der Waals surface area contributed by atoms with Gasteiger partial charge in [-0.25, -0.2) is 9.37 Å². The molecule has 0 spiro atoms. The first-order valence-corrected chi connectivity index (χ1v) is 7.63. The van der Waals surface area contributed by atoms with E-state index < -0.39 is 6.04 Å². The molecule has 0 bridgehead atoms. The van der Waals surface area contributed by atoms with Crippen LogP contribution in [0.25, 0.3) is 0 Å². The van der Waals surface area contributed by atoms with Crippen molar-refractivity contribution in [3.63, 3.8) is 0 Å². The predicted molar refractivity (Wildman–Crippen MR) is 89.1 cm³/mol. The standard InChI is InChI=1S/C17H21FN4O2/c1-11-10-15(23)21-14(20-11)8-9-19-17(24)16(22(2)3)12-4-6-13(18)7-5-12/h4-7,10,16H,8-9H2,1-3H3,(H,19,24)(H,20,21,23)/t16-/m0/s1. The van der Waals surface area contributed by atoms with E-state index >= 15 is 0 Å². The molecule has 1 aromatic carbocycles. The van der Waals surface area contributed by atoms with Crippen molar-refractivity contribution in [3.8, 4) is 0 Å². The van der Waals surface area contributed by atoms with Crippen LogP contribution in [0.3, 0.4) is 0 Å². The number of rotatable bonds is 6. The zero-order valence-corrected chi connectivity index (χ0v) is 14.0. The van der Waals surface area contributed by atoms with E-state index in [-0.39, 0.29) is 17.3 Å². The summed E-state index contributed by atoms with van der Waals surface area (Å²) in [5, 5.41) is 2.83.